The number of carbonyl (C=O) groups is 2. The predicted molar refractivity (Wildman–Crippen MR) is 111 cm³/mol. The van der Waals surface area contributed by atoms with Crippen LogP contribution in [0.4, 0.5) is 16.8 Å². The van der Waals surface area contributed by atoms with Gasteiger partial charge in [-0.1, -0.05) is 13.3 Å². The van der Waals surface area contributed by atoms with Gasteiger partial charge in [-0.25, -0.2) is 19.7 Å². The van der Waals surface area contributed by atoms with Crippen LogP contribution in [0, 0.1) is 0 Å². The molecule has 0 spiro atoms. The van der Waals surface area contributed by atoms with Crippen molar-refractivity contribution in [2.45, 2.75) is 26.2 Å². The minimum atomic E-state index is -0.360. The third-order valence-electron chi connectivity index (χ3n) is 3.81. The second-order valence-electron chi connectivity index (χ2n) is 6.13. The Morgan fingerprint density at radius 2 is 1.90 bits per heavy atom. The molecule has 0 saturated heterocycles. The highest BCUT2D eigenvalue weighted by Crippen LogP contribution is 2.19. The molecule has 0 atom stereocenters. The Morgan fingerprint density at radius 3 is 2.62 bits per heavy atom. The molecule has 2 aromatic heterocycles. The second kappa shape index (κ2) is 10.3. The summed E-state index contributed by atoms with van der Waals surface area (Å²) >= 11 is 1.37. The highest BCUT2D eigenvalue weighted by Gasteiger charge is 2.10. The summed E-state index contributed by atoms with van der Waals surface area (Å²) in [4.78, 5) is 36.7. The third kappa shape index (κ3) is 6.35. The average molecular weight is 411 g/mol. The number of esters is 1. The molecule has 0 unspecified atom stereocenters. The number of hydrogen-bond acceptors (Lipinski definition) is 8. The van der Waals surface area contributed by atoms with Gasteiger partial charge in [0.05, 0.1) is 24.3 Å². The zero-order valence-electron chi connectivity index (χ0n) is 15.9. The normalized spacial score (nSPS) is 10.4. The second-order valence-corrected chi connectivity index (χ2v) is 6.99. The first-order chi connectivity index (χ1) is 14.1. The van der Waals surface area contributed by atoms with E-state index >= 15 is 0 Å². The van der Waals surface area contributed by atoms with Gasteiger partial charge in [-0.15, -0.1) is 11.3 Å². The number of benzene rings is 1. The number of ether oxygens (including phenoxy) is 1. The number of rotatable bonds is 9. The first-order valence-electron chi connectivity index (χ1n) is 9.19. The largest absolute Gasteiger partial charge is 0.462 e. The van der Waals surface area contributed by atoms with E-state index < -0.39 is 0 Å². The van der Waals surface area contributed by atoms with Crippen molar-refractivity contribution in [3.8, 4) is 0 Å². The van der Waals surface area contributed by atoms with Crippen LogP contribution in [0.25, 0.3) is 0 Å². The molecule has 29 heavy (non-hydrogen) atoms. The summed E-state index contributed by atoms with van der Waals surface area (Å²) in [5.74, 6) is -0.108. The Balaban J connectivity index is 1.50. The first-order valence-corrected chi connectivity index (χ1v) is 10.1. The molecule has 0 bridgehead atoms. The van der Waals surface area contributed by atoms with Crippen LogP contribution in [-0.4, -0.2) is 33.4 Å². The van der Waals surface area contributed by atoms with Crippen LogP contribution >= 0.6 is 11.3 Å². The van der Waals surface area contributed by atoms with E-state index in [-0.39, 0.29) is 18.3 Å². The fourth-order valence-corrected chi connectivity index (χ4v) is 3.06. The number of aromatic nitrogens is 3. The zero-order chi connectivity index (χ0) is 20.5. The maximum Gasteiger partial charge on any atom is 0.338 e. The standard InChI is InChI=1S/C20H21N5O3S/c1-2-3-11-28-18(27)14-5-7-15(8-6-14)23-17(26)12-16-13-29-20(24-16)25-19-21-9-4-10-22-19/h4-10,13H,2-3,11-12H2,1H3,(H,23,26)(H,21,22,24,25). The van der Waals surface area contributed by atoms with Crippen LogP contribution in [-0.2, 0) is 16.0 Å². The molecule has 0 fully saturated rings. The summed E-state index contributed by atoms with van der Waals surface area (Å²) in [6.45, 7) is 2.45. The van der Waals surface area contributed by atoms with Crippen LogP contribution in [0.3, 0.4) is 0 Å². The van der Waals surface area contributed by atoms with Crippen LogP contribution in [0.5, 0.6) is 0 Å². The lowest BCUT2D eigenvalue weighted by atomic mass is 10.2. The quantitative estimate of drug-likeness (QED) is 0.407. The van der Waals surface area contributed by atoms with Gasteiger partial charge in [0.15, 0.2) is 5.13 Å². The number of anilines is 3. The predicted octanol–water partition coefficient (Wildman–Crippen LogP) is 3.81. The van der Waals surface area contributed by atoms with Crippen molar-refractivity contribution < 1.29 is 14.3 Å². The molecular weight excluding hydrogens is 390 g/mol. The minimum Gasteiger partial charge on any atom is -0.462 e. The minimum absolute atomic E-state index is 0.134. The molecule has 2 N–H and O–H groups in total. The van der Waals surface area contributed by atoms with Gasteiger partial charge in [0, 0.05) is 23.5 Å². The zero-order valence-corrected chi connectivity index (χ0v) is 16.7. The Kier molecular flexibility index (Phi) is 7.23. The van der Waals surface area contributed by atoms with Crippen LogP contribution in [0.15, 0.2) is 48.1 Å². The van der Waals surface area contributed by atoms with Crippen molar-refractivity contribution in [3.05, 3.63) is 59.4 Å². The summed E-state index contributed by atoms with van der Waals surface area (Å²) in [7, 11) is 0. The SMILES string of the molecule is CCCCOC(=O)c1ccc(NC(=O)Cc2csc(Nc3ncccn3)n2)cc1. The summed E-state index contributed by atoms with van der Waals surface area (Å²) in [5, 5.41) is 8.21. The molecule has 0 aliphatic carbocycles. The Labute approximate surface area is 172 Å². The molecule has 0 saturated carbocycles. The van der Waals surface area contributed by atoms with E-state index in [4.69, 9.17) is 4.74 Å². The van der Waals surface area contributed by atoms with Crippen molar-refractivity contribution >= 4 is 40.0 Å². The van der Waals surface area contributed by atoms with E-state index in [0.717, 1.165) is 12.8 Å². The summed E-state index contributed by atoms with van der Waals surface area (Å²) in [6, 6.07) is 8.35. The molecular formula is C20H21N5O3S. The van der Waals surface area contributed by atoms with Gasteiger partial charge in [-0.3, -0.25) is 4.79 Å². The first kappa shape index (κ1) is 20.4. The van der Waals surface area contributed by atoms with E-state index in [1.165, 1.54) is 11.3 Å². The fraction of sp³-hybridized carbons (Fsp3) is 0.250. The van der Waals surface area contributed by atoms with Gasteiger partial charge in [0.1, 0.15) is 0 Å². The highest BCUT2D eigenvalue weighted by molar-refractivity contribution is 7.13. The molecule has 150 valence electrons. The lowest BCUT2D eigenvalue weighted by molar-refractivity contribution is -0.115. The van der Waals surface area contributed by atoms with E-state index in [0.29, 0.717) is 34.6 Å². The number of unbranched alkanes of at least 4 members (excludes halogenated alkanes) is 1. The molecule has 9 heteroatoms. The molecule has 0 radical (unpaired) electrons. The molecule has 1 aromatic carbocycles. The van der Waals surface area contributed by atoms with Crippen molar-refractivity contribution in [2.75, 3.05) is 17.2 Å². The van der Waals surface area contributed by atoms with Gasteiger partial charge >= 0.3 is 5.97 Å². The van der Waals surface area contributed by atoms with Crippen molar-refractivity contribution in [3.63, 3.8) is 0 Å². The number of thiazole rings is 1. The molecule has 0 aliphatic heterocycles. The lowest BCUT2D eigenvalue weighted by Gasteiger charge is -2.06. The Bertz CT molecular complexity index is 944. The fourth-order valence-electron chi connectivity index (χ4n) is 2.36. The van der Waals surface area contributed by atoms with E-state index in [1.54, 1.807) is 48.1 Å². The molecule has 3 rings (SSSR count). The van der Waals surface area contributed by atoms with Crippen molar-refractivity contribution in [1.29, 1.82) is 0 Å². The summed E-state index contributed by atoms with van der Waals surface area (Å²) in [6.07, 6.45) is 5.20. The van der Waals surface area contributed by atoms with Crippen LogP contribution in [0.2, 0.25) is 0 Å². The summed E-state index contributed by atoms with van der Waals surface area (Å²) in [5.41, 5.74) is 1.70. The monoisotopic (exact) mass is 411 g/mol. The van der Waals surface area contributed by atoms with Gasteiger partial charge in [-0.2, -0.15) is 0 Å². The van der Waals surface area contributed by atoms with Gasteiger partial charge in [-0.05, 0) is 36.8 Å². The van der Waals surface area contributed by atoms with Crippen molar-refractivity contribution in [2.24, 2.45) is 0 Å². The molecule has 3 aromatic rings. The Hall–Kier alpha value is -3.33. The lowest BCUT2D eigenvalue weighted by Crippen LogP contribution is -2.15. The van der Waals surface area contributed by atoms with Crippen LogP contribution < -0.4 is 10.6 Å². The summed E-state index contributed by atoms with van der Waals surface area (Å²) < 4.78 is 5.17. The number of carbonyl (C=O) groups excluding carboxylic acids is 2. The van der Waals surface area contributed by atoms with Crippen LogP contribution in [0.1, 0.15) is 35.8 Å². The van der Waals surface area contributed by atoms with Gasteiger partial charge in [0.25, 0.3) is 0 Å². The number of nitrogens with one attached hydrogen (secondary N) is 2. The smallest absolute Gasteiger partial charge is 0.338 e. The number of amides is 1. The number of nitrogens with zero attached hydrogens (tertiary/aromatic N) is 3. The molecule has 2 heterocycles. The topological polar surface area (TPSA) is 106 Å². The molecule has 0 aliphatic rings. The third-order valence-corrected chi connectivity index (χ3v) is 4.62. The van der Waals surface area contributed by atoms with E-state index in [9.17, 15) is 9.59 Å². The average Bonchev–Trinajstić information content (AvgIpc) is 3.16. The van der Waals surface area contributed by atoms with E-state index in [2.05, 4.69) is 25.6 Å². The van der Waals surface area contributed by atoms with Gasteiger partial charge < -0.3 is 15.4 Å². The van der Waals surface area contributed by atoms with Crippen molar-refractivity contribution in [1.82, 2.24) is 15.0 Å². The molecule has 1 amide bonds. The molecule has 8 nitrogen and oxygen atoms in total. The number of hydrogen-bond donors (Lipinski definition) is 2. The highest BCUT2D eigenvalue weighted by atomic mass is 32.1. The maximum absolute atomic E-state index is 12.3. The van der Waals surface area contributed by atoms with E-state index in [1.807, 2.05) is 6.92 Å². The maximum atomic E-state index is 12.3. The van der Waals surface area contributed by atoms with Gasteiger partial charge in [0.2, 0.25) is 11.9 Å². The Morgan fingerprint density at radius 1 is 1.14 bits per heavy atom.